The predicted octanol–water partition coefficient (Wildman–Crippen LogP) is 4.01. The third-order valence-electron chi connectivity index (χ3n) is 3.94. The molecule has 1 aromatic carbocycles. The van der Waals surface area contributed by atoms with Crippen molar-refractivity contribution in [2.45, 2.75) is 44.6 Å². The summed E-state index contributed by atoms with van der Waals surface area (Å²) in [5.41, 5.74) is 11.0. The molecular formula is C14H19N3S. The second-order valence-corrected chi connectivity index (χ2v) is 6.36. The Morgan fingerprint density at radius 2 is 2.06 bits per heavy atom. The van der Waals surface area contributed by atoms with Gasteiger partial charge in [-0.15, -0.1) is 11.3 Å². The first-order valence-electron chi connectivity index (χ1n) is 6.58. The maximum absolute atomic E-state index is 6.22. The molecule has 2 aromatic rings. The second kappa shape index (κ2) is 4.43. The van der Waals surface area contributed by atoms with Gasteiger partial charge in [-0.2, -0.15) is 0 Å². The highest BCUT2D eigenvalue weighted by Gasteiger charge is 2.27. The highest BCUT2D eigenvalue weighted by molar-refractivity contribution is 7.16. The van der Waals surface area contributed by atoms with Crippen LogP contribution in [-0.2, 0) is 0 Å². The number of nitrogens with two attached hydrogens (primary N) is 1. The molecule has 0 spiro atoms. The number of aromatic nitrogens is 1. The van der Waals surface area contributed by atoms with E-state index in [1.165, 1.54) is 32.1 Å². The molecule has 18 heavy (non-hydrogen) atoms. The summed E-state index contributed by atoms with van der Waals surface area (Å²) in [6, 6.07) is 4.20. The lowest BCUT2D eigenvalue weighted by Crippen LogP contribution is -2.37. The van der Waals surface area contributed by atoms with Gasteiger partial charge in [-0.1, -0.05) is 19.3 Å². The largest absolute Gasteiger partial charge is 0.395 e. The van der Waals surface area contributed by atoms with Crippen LogP contribution in [0.2, 0.25) is 0 Å². The Balaban J connectivity index is 1.92. The summed E-state index contributed by atoms with van der Waals surface area (Å²) in [7, 11) is 0. The van der Waals surface area contributed by atoms with Crippen LogP contribution in [0.1, 0.15) is 39.0 Å². The second-order valence-electron chi connectivity index (χ2n) is 5.47. The minimum Gasteiger partial charge on any atom is -0.395 e. The van der Waals surface area contributed by atoms with Gasteiger partial charge >= 0.3 is 0 Å². The van der Waals surface area contributed by atoms with Crippen LogP contribution in [0.3, 0.4) is 0 Å². The number of nitrogen functional groups attached to an aromatic ring is 1. The molecule has 0 amide bonds. The van der Waals surface area contributed by atoms with Crippen molar-refractivity contribution in [3.05, 3.63) is 17.6 Å². The van der Waals surface area contributed by atoms with Crippen molar-refractivity contribution in [1.82, 2.24) is 4.98 Å². The van der Waals surface area contributed by atoms with Crippen LogP contribution in [0.5, 0.6) is 0 Å². The van der Waals surface area contributed by atoms with Crippen molar-refractivity contribution in [3.63, 3.8) is 0 Å². The molecule has 1 fully saturated rings. The van der Waals surface area contributed by atoms with Crippen molar-refractivity contribution in [1.29, 1.82) is 0 Å². The fourth-order valence-corrected chi connectivity index (χ4v) is 3.54. The molecule has 1 heterocycles. The fraction of sp³-hybridized carbons (Fsp3) is 0.500. The molecule has 0 aliphatic heterocycles. The van der Waals surface area contributed by atoms with Crippen LogP contribution in [0, 0.1) is 0 Å². The average Bonchev–Trinajstić information content (AvgIpc) is 2.83. The lowest BCUT2D eigenvalue weighted by molar-refractivity contribution is 0.349. The van der Waals surface area contributed by atoms with Gasteiger partial charge in [0.2, 0.25) is 0 Å². The Morgan fingerprint density at radius 3 is 2.83 bits per heavy atom. The molecule has 96 valence electrons. The minimum absolute atomic E-state index is 0.191. The van der Waals surface area contributed by atoms with Crippen molar-refractivity contribution >= 4 is 32.9 Å². The highest BCUT2D eigenvalue weighted by atomic mass is 32.1. The van der Waals surface area contributed by atoms with Gasteiger partial charge < -0.3 is 11.1 Å². The number of nitrogens with zero attached hydrogens (tertiary/aromatic N) is 1. The molecule has 1 aliphatic carbocycles. The zero-order valence-corrected chi connectivity index (χ0v) is 11.5. The lowest BCUT2D eigenvalue weighted by Gasteiger charge is -2.36. The average molecular weight is 261 g/mol. The zero-order valence-electron chi connectivity index (χ0n) is 10.7. The van der Waals surface area contributed by atoms with Gasteiger partial charge in [-0.25, -0.2) is 4.98 Å². The molecule has 3 rings (SSSR count). The van der Waals surface area contributed by atoms with Gasteiger partial charge in [0, 0.05) is 5.54 Å². The molecule has 0 bridgehead atoms. The van der Waals surface area contributed by atoms with Gasteiger partial charge in [0.1, 0.15) is 5.52 Å². The topological polar surface area (TPSA) is 50.9 Å². The van der Waals surface area contributed by atoms with E-state index in [0.717, 1.165) is 21.6 Å². The van der Waals surface area contributed by atoms with Crippen LogP contribution < -0.4 is 11.1 Å². The van der Waals surface area contributed by atoms with Crippen molar-refractivity contribution in [3.8, 4) is 0 Å². The van der Waals surface area contributed by atoms with E-state index < -0.39 is 0 Å². The molecule has 3 nitrogen and oxygen atoms in total. The van der Waals surface area contributed by atoms with Crippen LogP contribution >= 0.6 is 11.3 Å². The van der Waals surface area contributed by atoms with E-state index in [1.807, 2.05) is 5.51 Å². The molecule has 0 radical (unpaired) electrons. The molecule has 0 saturated heterocycles. The van der Waals surface area contributed by atoms with E-state index in [9.17, 15) is 0 Å². The normalized spacial score (nSPS) is 18.9. The number of hydrogen-bond acceptors (Lipinski definition) is 4. The minimum atomic E-state index is 0.191. The SMILES string of the molecule is CC1(Nc2ccc3scnc3c2N)CCCCC1. The first-order valence-corrected chi connectivity index (χ1v) is 7.46. The standard InChI is InChI=1S/C14H19N3S/c1-14(7-3-2-4-8-14)17-10-5-6-11-13(12(10)15)16-9-18-11/h5-6,9,17H,2-4,7-8,15H2,1H3. The van der Waals surface area contributed by atoms with Gasteiger partial charge in [0.25, 0.3) is 0 Å². The summed E-state index contributed by atoms with van der Waals surface area (Å²) < 4.78 is 1.16. The molecule has 0 atom stereocenters. The molecule has 3 N–H and O–H groups in total. The van der Waals surface area contributed by atoms with E-state index in [-0.39, 0.29) is 5.54 Å². The smallest absolute Gasteiger partial charge is 0.106 e. The van der Waals surface area contributed by atoms with Crippen LogP contribution in [0.25, 0.3) is 10.2 Å². The van der Waals surface area contributed by atoms with Crippen LogP contribution in [0.15, 0.2) is 17.6 Å². The fourth-order valence-electron chi connectivity index (χ4n) is 2.84. The van der Waals surface area contributed by atoms with Crippen molar-refractivity contribution < 1.29 is 0 Å². The van der Waals surface area contributed by atoms with E-state index in [4.69, 9.17) is 5.73 Å². The van der Waals surface area contributed by atoms with E-state index in [0.29, 0.717) is 0 Å². The van der Waals surface area contributed by atoms with Crippen molar-refractivity contribution in [2.75, 3.05) is 11.1 Å². The van der Waals surface area contributed by atoms with Gasteiger partial charge in [-0.3, -0.25) is 0 Å². The Labute approximate surface area is 111 Å². The van der Waals surface area contributed by atoms with Gasteiger partial charge in [0.05, 0.1) is 21.6 Å². The van der Waals surface area contributed by atoms with Gasteiger partial charge in [0.15, 0.2) is 0 Å². The number of hydrogen-bond donors (Lipinski definition) is 2. The van der Waals surface area contributed by atoms with E-state index in [1.54, 1.807) is 11.3 Å². The zero-order chi connectivity index (χ0) is 12.6. The number of anilines is 2. The van der Waals surface area contributed by atoms with E-state index >= 15 is 0 Å². The summed E-state index contributed by atoms with van der Waals surface area (Å²) in [5, 5.41) is 3.65. The maximum Gasteiger partial charge on any atom is 0.106 e. The molecule has 0 unspecified atom stereocenters. The quantitative estimate of drug-likeness (QED) is 0.803. The summed E-state index contributed by atoms with van der Waals surface area (Å²) in [6.45, 7) is 2.30. The Morgan fingerprint density at radius 1 is 1.28 bits per heavy atom. The monoisotopic (exact) mass is 261 g/mol. The number of fused-ring (bicyclic) bond motifs is 1. The van der Waals surface area contributed by atoms with Crippen LogP contribution in [-0.4, -0.2) is 10.5 Å². The van der Waals surface area contributed by atoms with Crippen LogP contribution in [0.4, 0.5) is 11.4 Å². The Bertz CT molecular complexity index is 555. The molecule has 1 aromatic heterocycles. The summed E-state index contributed by atoms with van der Waals surface area (Å²) in [4.78, 5) is 4.35. The van der Waals surface area contributed by atoms with Gasteiger partial charge in [-0.05, 0) is 31.9 Å². The summed E-state index contributed by atoms with van der Waals surface area (Å²) in [5.74, 6) is 0. The number of thiazole rings is 1. The third-order valence-corrected chi connectivity index (χ3v) is 4.73. The summed E-state index contributed by atoms with van der Waals surface area (Å²) >= 11 is 1.64. The predicted molar refractivity (Wildman–Crippen MR) is 79.1 cm³/mol. The van der Waals surface area contributed by atoms with E-state index in [2.05, 4.69) is 29.4 Å². The molecule has 1 aliphatic rings. The number of nitrogens with one attached hydrogen (secondary N) is 1. The number of rotatable bonds is 2. The first kappa shape index (κ1) is 11.8. The number of benzene rings is 1. The Hall–Kier alpha value is -1.29. The molecular weight excluding hydrogens is 242 g/mol. The highest BCUT2D eigenvalue weighted by Crippen LogP contribution is 2.36. The third kappa shape index (κ3) is 2.05. The lowest BCUT2D eigenvalue weighted by atomic mass is 9.83. The molecule has 4 heteroatoms. The first-order chi connectivity index (χ1) is 8.68. The maximum atomic E-state index is 6.22. The Kier molecular flexibility index (Phi) is 2.90. The van der Waals surface area contributed by atoms with Crippen molar-refractivity contribution in [2.24, 2.45) is 0 Å². The summed E-state index contributed by atoms with van der Waals surface area (Å²) in [6.07, 6.45) is 6.42. The molecule has 1 saturated carbocycles.